The van der Waals surface area contributed by atoms with Gasteiger partial charge in [-0.15, -0.1) is 0 Å². The summed E-state index contributed by atoms with van der Waals surface area (Å²) in [5.41, 5.74) is 0.127. The van der Waals surface area contributed by atoms with Gasteiger partial charge in [-0.3, -0.25) is 4.79 Å². The number of aldehydes is 1. The van der Waals surface area contributed by atoms with Gasteiger partial charge >= 0.3 is 5.97 Å². The van der Waals surface area contributed by atoms with Crippen LogP contribution in [0.4, 0.5) is 5.69 Å². The smallest absolute Gasteiger partial charge is 0.328 e. The first kappa shape index (κ1) is 29.2. The summed E-state index contributed by atoms with van der Waals surface area (Å²) in [6.07, 6.45) is 3.02. The Kier molecular flexibility index (Phi) is 9.75. The van der Waals surface area contributed by atoms with Crippen molar-refractivity contribution in [3.8, 4) is 0 Å². The highest BCUT2D eigenvalue weighted by Gasteiger charge is 2.76. The zero-order chi connectivity index (χ0) is 26.7. The van der Waals surface area contributed by atoms with E-state index in [1.54, 1.807) is 36.0 Å². The first-order valence-corrected chi connectivity index (χ1v) is 14.0. The summed E-state index contributed by atoms with van der Waals surface area (Å²) in [7, 11) is 1.26. The lowest BCUT2D eigenvalue weighted by molar-refractivity contribution is -0.142. The summed E-state index contributed by atoms with van der Waals surface area (Å²) >= 11 is 33.2. The molecule has 0 spiro atoms. The van der Waals surface area contributed by atoms with Crippen LogP contribution in [0, 0.1) is 5.41 Å². The van der Waals surface area contributed by atoms with Crippen molar-refractivity contribution in [2.24, 2.45) is 5.41 Å². The van der Waals surface area contributed by atoms with E-state index in [1.807, 2.05) is 6.26 Å². The van der Waals surface area contributed by atoms with E-state index in [9.17, 15) is 14.4 Å². The maximum Gasteiger partial charge on any atom is 0.328 e. The number of hydrogen-bond acceptors (Lipinski definition) is 6. The highest BCUT2D eigenvalue weighted by Crippen LogP contribution is 2.73. The summed E-state index contributed by atoms with van der Waals surface area (Å²) in [6.45, 7) is 0.0689. The third-order valence-corrected chi connectivity index (χ3v) is 8.59. The monoisotopic (exact) mass is 610 g/mol. The van der Waals surface area contributed by atoms with Gasteiger partial charge < -0.3 is 20.2 Å². The van der Waals surface area contributed by atoms with Crippen molar-refractivity contribution < 1.29 is 19.1 Å². The van der Waals surface area contributed by atoms with E-state index in [4.69, 9.17) is 62.7 Å². The van der Waals surface area contributed by atoms with Crippen LogP contribution in [0.3, 0.4) is 0 Å². The zero-order valence-electron chi connectivity index (χ0n) is 19.2. The van der Waals surface area contributed by atoms with E-state index in [1.165, 1.54) is 19.2 Å². The molecule has 1 amide bonds. The summed E-state index contributed by atoms with van der Waals surface area (Å²) in [5.74, 6) is -0.980. The number of amides is 1. The second-order valence-corrected chi connectivity index (χ2v) is 11.9. The van der Waals surface area contributed by atoms with Crippen molar-refractivity contribution in [2.75, 3.05) is 31.0 Å². The number of anilines is 1. The van der Waals surface area contributed by atoms with Crippen molar-refractivity contribution in [2.45, 2.75) is 22.7 Å². The lowest BCUT2D eigenvalue weighted by atomic mass is 10.00. The van der Waals surface area contributed by atoms with Gasteiger partial charge in [-0.1, -0.05) is 58.0 Å². The maximum atomic E-state index is 12.9. The van der Waals surface area contributed by atoms with Crippen LogP contribution >= 0.6 is 69.8 Å². The van der Waals surface area contributed by atoms with Gasteiger partial charge in [0.15, 0.2) is 0 Å². The van der Waals surface area contributed by atoms with Gasteiger partial charge in [0.1, 0.15) is 16.7 Å². The molecule has 1 saturated carbocycles. The molecule has 2 aromatic rings. The number of benzene rings is 2. The number of alkyl halides is 2. The average Bonchev–Trinajstić information content (AvgIpc) is 3.34. The Labute approximate surface area is 238 Å². The highest BCUT2D eigenvalue weighted by molar-refractivity contribution is 7.98. The lowest BCUT2D eigenvalue weighted by Crippen LogP contribution is -2.42. The third-order valence-electron chi connectivity index (χ3n) is 6.04. The van der Waals surface area contributed by atoms with Crippen molar-refractivity contribution in [3.63, 3.8) is 0 Å². The summed E-state index contributed by atoms with van der Waals surface area (Å²) in [4.78, 5) is 37.2. The number of esters is 1. The topological polar surface area (TPSA) is 84.5 Å². The molecule has 1 aliphatic rings. The molecule has 12 heteroatoms. The Morgan fingerprint density at radius 2 is 1.81 bits per heavy atom. The number of nitrogens with one attached hydrogen (secondary N) is 2. The van der Waals surface area contributed by atoms with Gasteiger partial charge in [0.05, 0.1) is 23.1 Å². The van der Waals surface area contributed by atoms with Crippen LogP contribution in [0.25, 0.3) is 0 Å². The van der Waals surface area contributed by atoms with Crippen LogP contribution in [0.15, 0.2) is 36.4 Å². The molecule has 1 aliphatic carbocycles. The first-order chi connectivity index (χ1) is 17.0. The van der Waals surface area contributed by atoms with E-state index >= 15 is 0 Å². The first-order valence-electron chi connectivity index (χ1n) is 10.7. The predicted octanol–water partition coefficient (Wildman–Crippen LogP) is 6.24. The lowest BCUT2D eigenvalue weighted by Gasteiger charge is -2.18. The highest BCUT2D eigenvalue weighted by atomic mass is 35.5. The number of thioether (sulfide) groups is 1. The number of carbonyl (C=O) groups is 3. The normalized spacial score (nSPS) is 20.8. The quantitative estimate of drug-likeness (QED) is 0.178. The maximum absolute atomic E-state index is 12.9. The minimum atomic E-state index is -1.40. The van der Waals surface area contributed by atoms with Crippen molar-refractivity contribution in [1.29, 1.82) is 0 Å². The van der Waals surface area contributed by atoms with Gasteiger partial charge in [0, 0.05) is 28.2 Å². The van der Waals surface area contributed by atoms with E-state index < -0.39 is 33.6 Å². The fraction of sp³-hybridized carbons (Fsp3) is 0.375. The SMILES string of the molecule is COC(=O)C(CCSC)NC(=O)c1cc(NCC2(C=O)C(c3cc(Cl)cc(Cl)c3)C2(Cl)Cl)ccc1Cl. The molecule has 3 rings (SSSR count). The number of ether oxygens (including phenoxy) is 1. The molecule has 2 N–H and O–H groups in total. The molecule has 0 heterocycles. The molecular weight excluding hydrogens is 590 g/mol. The Bertz CT molecular complexity index is 1150. The number of carbonyl (C=O) groups excluding carboxylic acids is 3. The molecular formula is C24H23Cl5N2O4S. The van der Waals surface area contributed by atoms with Crippen molar-refractivity contribution >= 4 is 93.6 Å². The van der Waals surface area contributed by atoms with Crippen LogP contribution in [0.1, 0.15) is 28.3 Å². The number of hydrogen-bond donors (Lipinski definition) is 2. The molecule has 0 bridgehead atoms. The zero-order valence-corrected chi connectivity index (χ0v) is 23.8. The summed E-state index contributed by atoms with van der Waals surface area (Å²) < 4.78 is 3.40. The third kappa shape index (κ3) is 6.03. The largest absolute Gasteiger partial charge is 0.467 e. The Balaban J connectivity index is 1.78. The summed E-state index contributed by atoms with van der Waals surface area (Å²) in [6, 6.07) is 8.82. The molecule has 3 unspecified atom stereocenters. The number of rotatable bonds is 11. The van der Waals surface area contributed by atoms with Crippen molar-refractivity contribution in [1.82, 2.24) is 5.32 Å². The Morgan fingerprint density at radius 1 is 1.14 bits per heavy atom. The minimum absolute atomic E-state index is 0.0689. The molecule has 0 aromatic heterocycles. The fourth-order valence-corrected chi connectivity index (χ4v) is 6.24. The van der Waals surface area contributed by atoms with E-state index in [2.05, 4.69) is 10.6 Å². The molecule has 0 saturated heterocycles. The van der Waals surface area contributed by atoms with Crippen LogP contribution in [-0.4, -0.2) is 54.2 Å². The second kappa shape index (κ2) is 12.0. The van der Waals surface area contributed by atoms with E-state index in [0.717, 1.165) is 6.29 Å². The van der Waals surface area contributed by atoms with Gasteiger partial charge in [0.2, 0.25) is 0 Å². The van der Waals surface area contributed by atoms with Gasteiger partial charge in [-0.25, -0.2) is 4.79 Å². The van der Waals surface area contributed by atoms with Crippen LogP contribution in [0.5, 0.6) is 0 Å². The Hall–Kier alpha value is -1.35. The molecule has 6 nitrogen and oxygen atoms in total. The molecule has 1 fully saturated rings. The molecule has 0 aliphatic heterocycles. The molecule has 194 valence electrons. The Morgan fingerprint density at radius 3 is 2.39 bits per heavy atom. The fourth-order valence-electron chi connectivity index (χ4n) is 4.05. The molecule has 0 radical (unpaired) electrons. The van der Waals surface area contributed by atoms with Crippen LogP contribution < -0.4 is 10.6 Å². The van der Waals surface area contributed by atoms with Gasteiger partial charge in [-0.05, 0) is 60.4 Å². The van der Waals surface area contributed by atoms with E-state index in [0.29, 0.717) is 33.5 Å². The van der Waals surface area contributed by atoms with Crippen LogP contribution in [0.2, 0.25) is 15.1 Å². The van der Waals surface area contributed by atoms with E-state index in [-0.39, 0.29) is 17.1 Å². The van der Waals surface area contributed by atoms with Gasteiger partial charge in [0.25, 0.3) is 5.91 Å². The molecule has 36 heavy (non-hydrogen) atoms. The minimum Gasteiger partial charge on any atom is -0.467 e. The standard InChI is InChI=1S/C24H23Cl5N2O4S/c1-35-22(34)19(5-6-36-2)31-21(33)17-10-16(3-4-18(17)27)30-11-23(12-32)20(24(23,28)29)13-7-14(25)9-15(26)8-13/h3-4,7-10,12,19-20,30H,5-6,11H2,1-2H3,(H,31,33). The molecule has 2 aromatic carbocycles. The van der Waals surface area contributed by atoms with Gasteiger partial charge in [-0.2, -0.15) is 11.8 Å². The number of methoxy groups -OCH3 is 1. The predicted molar refractivity (Wildman–Crippen MR) is 148 cm³/mol. The summed E-state index contributed by atoms with van der Waals surface area (Å²) in [5, 5.41) is 6.79. The van der Waals surface area contributed by atoms with Crippen molar-refractivity contribution in [3.05, 3.63) is 62.6 Å². The number of halogens is 5. The second-order valence-electron chi connectivity index (χ2n) is 8.30. The van der Waals surface area contributed by atoms with Crippen LogP contribution in [-0.2, 0) is 14.3 Å². The molecule has 3 atom stereocenters. The average molecular weight is 613 g/mol.